The molecular weight excluding hydrogens is 350 g/mol. The summed E-state index contributed by atoms with van der Waals surface area (Å²) in [6.07, 6.45) is 1.27. The molecule has 0 amide bonds. The molecule has 4 aromatic rings. The topological polar surface area (TPSA) is 63.8 Å². The van der Waals surface area contributed by atoms with Crippen LogP contribution >= 0.6 is 11.6 Å². The van der Waals surface area contributed by atoms with Crippen molar-refractivity contribution in [2.45, 2.75) is 0 Å². The molecular formula is C17H9ClF2N4O. The number of hydrogen-bond donors (Lipinski definition) is 1. The van der Waals surface area contributed by atoms with Crippen molar-refractivity contribution in [2.75, 3.05) is 5.32 Å². The van der Waals surface area contributed by atoms with Gasteiger partial charge in [-0.2, -0.15) is 4.98 Å². The minimum atomic E-state index is -0.740. The van der Waals surface area contributed by atoms with Gasteiger partial charge in [-0.1, -0.05) is 28.9 Å². The van der Waals surface area contributed by atoms with E-state index in [-0.39, 0.29) is 11.4 Å². The first kappa shape index (κ1) is 15.5. The molecule has 2 heterocycles. The molecule has 0 radical (unpaired) electrons. The van der Waals surface area contributed by atoms with Crippen molar-refractivity contribution in [3.05, 3.63) is 65.4 Å². The van der Waals surface area contributed by atoms with Crippen LogP contribution in [0.15, 0.2) is 53.3 Å². The average Bonchev–Trinajstić information content (AvgIpc) is 3.03. The Kier molecular flexibility index (Phi) is 3.77. The summed E-state index contributed by atoms with van der Waals surface area (Å²) in [7, 11) is 0. The lowest BCUT2D eigenvalue weighted by Crippen LogP contribution is -1.98. The third-order valence-electron chi connectivity index (χ3n) is 3.57. The van der Waals surface area contributed by atoms with Crippen LogP contribution in [-0.4, -0.2) is 15.1 Å². The van der Waals surface area contributed by atoms with Gasteiger partial charge in [-0.05, 0) is 24.3 Å². The first-order valence-electron chi connectivity index (χ1n) is 7.20. The van der Waals surface area contributed by atoms with Gasteiger partial charge in [0.1, 0.15) is 34.9 Å². The molecule has 4 rings (SSSR count). The van der Waals surface area contributed by atoms with Crippen LogP contribution < -0.4 is 5.32 Å². The number of nitrogens with zero attached hydrogens (tertiary/aromatic N) is 3. The number of halogens is 3. The molecule has 0 aliphatic heterocycles. The SMILES string of the molecule is Fc1ccc(Nc2ncnc3onc(-c4ccc(Cl)cc4)c23)c(F)c1. The highest BCUT2D eigenvalue weighted by Crippen LogP contribution is 2.33. The summed E-state index contributed by atoms with van der Waals surface area (Å²) in [6, 6.07) is 10.2. The Morgan fingerprint density at radius 2 is 1.80 bits per heavy atom. The molecule has 0 saturated carbocycles. The number of benzene rings is 2. The average molecular weight is 359 g/mol. The van der Waals surface area contributed by atoms with Crippen LogP contribution in [-0.2, 0) is 0 Å². The molecule has 0 aliphatic rings. The van der Waals surface area contributed by atoms with Gasteiger partial charge in [-0.3, -0.25) is 0 Å². The second kappa shape index (κ2) is 6.10. The van der Waals surface area contributed by atoms with Gasteiger partial charge in [0.2, 0.25) is 0 Å². The summed E-state index contributed by atoms with van der Waals surface area (Å²) in [4.78, 5) is 8.16. The lowest BCUT2D eigenvalue weighted by Gasteiger charge is -2.08. The van der Waals surface area contributed by atoms with Gasteiger partial charge >= 0.3 is 0 Å². The van der Waals surface area contributed by atoms with Crippen molar-refractivity contribution in [1.82, 2.24) is 15.1 Å². The molecule has 2 aromatic carbocycles. The second-order valence-corrected chi connectivity index (χ2v) is 5.63. The Hall–Kier alpha value is -3.06. The van der Waals surface area contributed by atoms with Crippen LogP contribution in [0.1, 0.15) is 0 Å². The minimum Gasteiger partial charge on any atom is -0.337 e. The van der Waals surface area contributed by atoms with Crippen molar-refractivity contribution < 1.29 is 13.3 Å². The van der Waals surface area contributed by atoms with E-state index in [1.807, 2.05) is 0 Å². The molecule has 0 saturated heterocycles. The number of fused-ring (bicyclic) bond motifs is 1. The monoisotopic (exact) mass is 358 g/mol. The predicted octanol–water partition coefficient (Wildman–Crippen LogP) is 4.96. The van der Waals surface area contributed by atoms with E-state index in [2.05, 4.69) is 20.4 Å². The van der Waals surface area contributed by atoms with E-state index in [1.54, 1.807) is 24.3 Å². The van der Waals surface area contributed by atoms with Crippen LogP contribution in [0.3, 0.4) is 0 Å². The minimum absolute atomic E-state index is 0.0738. The molecule has 0 atom stereocenters. The van der Waals surface area contributed by atoms with Crippen LogP contribution in [0, 0.1) is 11.6 Å². The highest BCUT2D eigenvalue weighted by Gasteiger charge is 2.17. The first-order chi connectivity index (χ1) is 12.1. The summed E-state index contributed by atoms with van der Waals surface area (Å²) in [6.45, 7) is 0. The van der Waals surface area contributed by atoms with E-state index < -0.39 is 11.6 Å². The lowest BCUT2D eigenvalue weighted by molar-refractivity contribution is 0.451. The fraction of sp³-hybridized carbons (Fsp3) is 0. The van der Waals surface area contributed by atoms with Crippen molar-refractivity contribution in [3.63, 3.8) is 0 Å². The van der Waals surface area contributed by atoms with Gasteiger partial charge in [0.05, 0.1) is 5.69 Å². The first-order valence-corrected chi connectivity index (χ1v) is 7.58. The van der Waals surface area contributed by atoms with Crippen molar-refractivity contribution in [1.29, 1.82) is 0 Å². The Morgan fingerprint density at radius 1 is 1.00 bits per heavy atom. The molecule has 8 heteroatoms. The second-order valence-electron chi connectivity index (χ2n) is 5.19. The summed E-state index contributed by atoms with van der Waals surface area (Å²) in [5.41, 5.74) is 1.53. The van der Waals surface area contributed by atoms with E-state index in [4.69, 9.17) is 16.1 Å². The zero-order valence-corrected chi connectivity index (χ0v) is 13.3. The smallest absolute Gasteiger partial charge is 0.263 e. The standard InChI is InChI=1S/C17H9ClF2N4O/c18-10-3-1-9(2-4-10)15-14-16(21-8-22-17(14)25-24-15)23-13-6-5-11(19)7-12(13)20/h1-8H,(H,21,22,23). The third kappa shape index (κ3) is 2.89. The maximum Gasteiger partial charge on any atom is 0.263 e. The third-order valence-corrected chi connectivity index (χ3v) is 3.83. The van der Waals surface area contributed by atoms with Crippen LogP contribution in [0.2, 0.25) is 5.02 Å². The molecule has 5 nitrogen and oxygen atoms in total. The normalized spacial score (nSPS) is 11.0. The fourth-order valence-corrected chi connectivity index (χ4v) is 2.53. The number of aromatic nitrogens is 3. The van der Waals surface area contributed by atoms with E-state index in [0.717, 1.165) is 17.7 Å². The summed E-state index contributed by atoms with van der Waals surface area (Å²) in [5, 5.41) is 7.91. The van der Waals surface area contributed by atoms with E-state index in [1.165, 1.54) is 12.4 Å². The molecule has 1 N–H and O–H groups in total. The Balaban J connectivity index is 1.84. The predicted molar refractivity (Wildman–Crippen MR) is 89.7 cm³/mol. The van der Waals surface area contributed by atoms with Gasteiger partial charge in [0, 0.05) is 16.7 Å². The zero-order valence-electron chi connectivity index (χ0n) is 12.5. The number of hydrogen-bond acceptors (Lipinski definition) is 5. The number of anilines is 2. The van der Waals surface area contributed by atoms with Crippen LogP contribution in [0.25, 0.3) is 22.4 Å². The fourth-order valence-electron chi connectivity index (χ4n) is 2.40. The number of rotatable bonds is 3. The van der Waals surface area contributed by atoms with Gasteiger partial charge in [-0.15, -0.1) is 0 Å². The van der Waals surface area contributed by atoms with Crippen molar-refractivity contribution in [2.24, 2.45) is 0 Å². The van der Waals surface area contributed by atoms with Gasteiger partial charge in [-0.25, -0.2) is 13.8 Å². The summed E-state index contributed by atoms with van der Waals surface area (Å²) >= 11 is 5.91. The highest BCUT2D eigenvalue weighted by atomic mass is 35.5. The molecule has 25 heavy (non-hydrogen) atoms. The Morgan fingerprint density at radius 3 is 2.56 bits per heavy atom. The Bertz CT molecular complexity index is 1070. The maximum absolute atomic E-state index is 13.9. The van der Waals surface area contributed by atoms with Crippen LogP contribution in [0.5, 0.6) is 0 Å². The highest BCUT2D eigenvalue weighted by molar-refractivity contribution is 6.30. The molecule has 2 aromatic heterocycles. The molecule has 124 valence electrons. The molecule has 0 aliphatic carbocycles. The van der Waals surface area contributed by atoms with Crippen molar-refractivity contribution >= 4 is 34.2 Å². The van der Waals surface area contributed by atoms with E-state index in [0.29, 0.717) is 21.9 Å². The number of nitrogens with one attached hydrogen (secondary N) is 1. The van der Waals surface area contributed by atoms with Crippen LogP contribution in [0.4, 0.5) is 20.3 Å². The molecule has 0 spiro atoms. The Labute approximate surface area is 145 Å². The van der Waals surface area contributed by atoms with Gasteiger partial charge in [0.15, 0.2) is 0 Å². The lowest BCUT2D eigenvalue weighted by atomic mass is 10.1. The molecule has 0 bridgehead atoms. The van der Waals surface area contributed by atoms with E-state index in [9.17, 15) is 8.78 Å². The van der Waals surface area contributed by atoms with Crippen molar-refractivity contribution in [3.8, 4) is 11.3 Å². The summed E-state index contributed by atoms with van der Waals surface area (Å²) in [5.74, 6) is -1.11. The van der Waals surface area contributed by atoms with E-state index >= 15 is 0 Å². The molecule has 0 fully saturated rings. The molecule has 0 unspecified atom stereocenters. The largest absolute Gasteiger partial charge is 0.337 e. The van der Waals surface area contributed by atoms with Gasteiger partial charge in [0.25, 0.3) is 5.71 Å². The summed E-state index contributed by atoms with van der Waals surface area (Å²) < 4.78 is 32.2. The quantitative estimate of drug-likeness (QED) is 0.560. The maximum atomic E-state index is 13.9. The zero-order chi connectivity index (χ0) is 17.4. The van der Waals surface area contributed by atoms with Gasteiger partial charge < -0.3 is 9.84 Å².